The van der Waals surface area contributed by atoms with Crippen LogP contribution in [0.2, 0.25) is 0 Å². The second kappa shape index (κ2) is 4.14. The molecule has 3 N–H and O–H groups in total. The highest BCUT2D eigenvalue weighted by Crippen LogP contribution is 2.16. The van der Waals surface area contributed by atoms with Crippen LogP contribution in [0, 0.1) is 0 Å². The van der Waals surface area contributed by atoms with Crippen molar-refractivity contribution in [1.29, 1.82) is 0 Å². The van der Waals surface area contributed by atoms with Crippen molar-refractivity contribution in [3.8, 4) is 0 Å². The highest BCUT2D eigenvalue weighted by atomic mass is 32.2. The Morgan fingerprint density at radius 3 is 2.64 bits per heavy atom. The summed E-state index contributed by atoms with van der Waals surface area (Å²) in [6, 6.07) is -0.0188. The van der Waals surface area contributed by atoms with Crippen molar-refractivity contribution in [3.05, 3.63) is 0 Å². The van der Waals surface area contributed by atoms with Gasteiger partial charge in [-0.2, -0.15) is 0 Å². The SMILES string of the molecule is CN=C(NN)N(C)C1CCS(=O)(=O)C1. The molecule has 1 heterocycles. The van der Waals surface area contributed by atoms with Crippen LogP contribution in [0.1, 0.15) is 6.42 Å². The fourth-order valence-electron chi connectivity index (χ4n) is 1.58. The summed E-state index contributed by atoms with van der Waals surface area (Å²) in [5, 5.41) is 0. The number of aliphatic imine (C=N–C) groups is 1. The van der Waals surface area contributed by atoms with Gasteiger partial charge in [0.15, 0.2) is 9.84 Å². The Balaban J connectivity index is 2.68. The third-order valence-corrected chi connectivity index (χ3v) is 4.18. The maximum Gasteiger partial charge on any atom is 0.208 e. The molecule has 1 atom stereocenters. The van der Waals surface area contributed by atoms with E-state index in [0.717, 1.165) is 0 Å². The Morgan fingerprint density at radius 2 is 2.29 bits per heavy atom. The van der Waals surface area contributed by atoms with Gasteiger partial charge < -0.3 is 4.90 Å². The number of rotatable bonds is 1. The van der Waals surface area contributed by atoms with Gasteiger partial charge in [-0.25, -0.2) is 14.3 Å². The zero-order valence-electron chi connectivity index (χ0n) is 8.40. The minimum atomic E-state index is -2.86. The molecule has 1 unspecified atom stereocenters. The molecule has 0 radical (unpaired) electrons. The van der Waals surface area contributed by atoms with Crippen LogP contribution in [0.15, 0.2) is 4.99 Å². The van der Waals surface area contributed by atoms with Crippen molar-refractivity contribution in [1.82, 2.24) is 10.3 Å². The van der Waals surface area contributed by atoms with E-state index in [4.69, 9.17) is 5.84 Å². The molecule has 0 amide bonds. The van der Waals surface area contributed by atoms with Crippen molar-refractivity contribution < 1.29 is 8.42 Å². The monoisotopic (exact) mass is 220 g/mol. The molecule has 6 nitrogen and oxygen atoms in total. The van der Waals surface area contributed by atoms with Crippen LogP contribution in [0.4, 0.5) is 0 Å². The number of hydrogen-bond donors (Lipinski definition) is 2. The topological polar surface area (TPSA) is 87.8 Å². The first-order valence-electron chi connectivity index (χ1n) is 4.37. The van der Waals surface area contributed by atoms with Crippen molar-refractivity contribution in [2.24, 2.45) is 10.8 Å². The molecule has 1 saturated heterocycles. The molecule has 14 heavy (non-hydrogen) atoms. The number of hydrazine groups is 1. The molecule has 0 aromatic heterocycles. The van der Waals surface area contributed by atoms with Crippen LogP contribution < -0.4 is 11.3 Å². The van der Waals surface area contributed by atoms with Crippen molar-refractivity contribution in [2.75, 3.05) is 25.6 Å². The van der Waals surface area contributed by atoms with E-state index in [1.165, 1.54) is 0 Å². The maximum atomic E-state index is 11.2. The predicted octanol–water partition coefficient (Wildman–Crippen LogP) is -1.45. The molecule has 1 aliphatic rings. The first kappa shape index (κ1) is 11.3. The fourth-order valence-corrected chi connectivity index (χ4v) is 3.35. The average Bonchev–Trinajstić information content (AvgIpc) is 2.48. The first-order valence-corrected chi connectivity index (χ1v) is 6.19. The molecule has 0 spiro atoms. The summed E-state index contributed by atoms with van der Waals surface area (Å²) in [5.41, 5.74) is 2.44. The van der Waals surface area contributed by atoms with Crippen molar-refractivity contribution >= 4 is 15.8 Å². The van der Waals surface area contributed by atoms with E-state index >= 15 is 0 Å². The largest absolute Gasteiger partial charge is 0.341 e. The summed E-state index contributed by atoms with van der Waals surface area (Å²) in [5.74, 6) is 6.19. The van der Waals surface area contributed by atoms with Crippen molar-refractivity contribution in [2.45, 2.75) is 12.5 Å². The number of sulfone groups is 1. The zero-order valence-corrected chi connectivity index (χ0v) is 9.21. The van der Waals surface area contributed by atoms with Crippen LogP contribution in [0.5, 0.6) is 0 Å². The normalized spacial score (nSPS) is 26.2. The molecule has 1 rings (SSSR count). The first-order chi connectivity index (χ1) is 6.50. The second-order valence-corrected chi connectivity index (χ2v) is 5.59. The molecule has 0 bridgehead atoms. The van der Waals surface area contributed by atoms with Gasteiger partial charge in [0.2, 0.25) is 5.96 Å². The predicted molar refractivity (Wildman–Crippen MR) is 55.5 cm³/mol. The van der Waals surface area contributed by atoms with Gasteiger partial charge in [0.25, 0.3) is 0 Å². The van der Waals surface area contributed by atoms with Gasteiger partial charge in [0.05, 0.1) is 11.5 Å². The van der Waals surface area contributed by atoms with E-state index in [0.29, 0.717) is 12.4 Å². The average molecular weight is 220 g/mol. The Kier molecular flexibility index (Phi) is 3.33. The Morgan fingerprint density at radius 1 is 1.64 bits per heavy atom. The van der Waals surface area contributed by atoms with E-state index < -0.39 is 9.84 Å². The number of nitrogens with zero attached hydrogens (tertiary/aromatic N) is 2. The van der Waals surface area contributed by atoms with Gasteiger partial charge >= 0.3 is 0 Å². The van der Waals surface area contributed by atoms with Gasteiger partial charge in [-0.15, -0.1) is 0 Å². The van der Waals surface area contributed by atoms with Crippen molar-refractivity contribution in [3.63, 3.8) is 0 Å². The van der Waals surface area contributed by atoms with E-state index in [1.54, 1.807) is 19.0 Å². The fraction of sp³-hybridized carbons (Fsp3) is 0.857. The summed E-state index contributed by atoms with van der Waals surface area (Å²) >= 11 is 0. The molecule has 0 aromatic carbocycles. The van der Waals surface area contributed by atoms with E-state index in [9.17, 15) is 8.42 Å². The van der Waals surface area contributed by atoms with Crippen LogP contribution in [-0.4, -0.2) is 50.9 Å². The third kappa shape index (κ3) is 2.36. The Labute approximate surface area is 84.1 Å². The van der Waals surface area contributed by atoms with Gasteiger partial charge in [0.1, 0.15) is 0 Å². The summed E-state index contributed by atoms with van der Waals surface area (Å²) < 4.78 is 22.5. The quantitative estimate of drug-likeness (QED) is 0.244. The lowest BCUT2D eigenvalue weighted by molar-refractivity contribution is 0.383. The highest BCUT2D eigenvalue weighted by Gasteiger charge is 2.31. The minimum Gasteiger partial charge on any atom is -0.341 e. The van der Waals surface area contributed by atoms with Crippen LogP contribution in [-0.2, 0) is 9.84 Å². The molecule has 0 saturated carbocycles. The molecule has 82 valence electrons. The summed E-state index contributed by atoms with van der Waals surface area (Å²) in [4.78, 5) is 5.68. The molecule has 0 aliphatic carbocycles. The molecular formula is C7H16N4O2S. The zero-order chi connectivity index (χ0) is 10.8. The number of hydrogen-bond acceptors (Lipinski definition) is 4. The van der Waals surface area contributed by atoms with Gasteiger partial charge in [0, 0.05) is 20.1 Å². The Hall–Kier alpha value is -0.820. The third-order valence-electron chi connectivity index (χ3n) is 2.43. The van der Waals surface area contributed by atoms with E-state index in [2.05, 4.69) is 10.4 Å². The standard InChI is InChI=1S/C7H16N4O2S/c1-9-7(10-8)11(2)6-3-4-14(12,13)5-6/h6H,3-5,8H2,1-2H3,(H,9,10). The summed E-state index contributed by atoms with van der Waals surface area (Å²) in [6.07, 6.45) is 0.638. The minimum absolute atomic E-state index is 0.0188. The maximum absolute atomic E-state index is 11.2. The van der Waals surface area contributed by atoms with Gasteiger partial charge in [-0.3, -0.25) is 10.4 Å². The highest BCUT2D eigenvalue weighted by molar-refractivity contribution is 7.91. The lowest BCUT2D eigenvalue weighted by atomic mass is 10.2. The number of nitrogens with one attached hydrogen (secondary N) is 1. The van der Waals surface area contributed by atoms with E-state index in [-0.39, 0.29) is 17.5 Å². The molecule has 7 heteroatoms. The molecule has 0 aromatic rings. The molecule has 1 aliphatic heterocycles. The Bertz CT molecular complexity index is 325. The van der Waals surface area contributed by atoms with E-state index in [1.807, 2.05) is 0 Å². The summed E-state index contributed by atoms with van der Waals surface area (Å²) in [7, 11) is 0.536. The second-order valence-electron chi connectivity index (χ2n) is 3.36. The smallest absolute Gasteiger partial charge is 0.208 e. The van der Waals surface area contributed by atoms with Gasteiger partial charge in [-0.1, -0.05) is 0 Å². The number of guanidine groups is 1. The number of nitrogens with two attached hydrogens (primary N) is 1. The van der Waals surface area contributed by atoms with Crippen LogP contribution >= 0.6 is 0 Å². The lowest BCUT2D eigenvalue weighted by Crippen LogP contribution is -2.47. The lowest BCUT2D eigenvalue weighted by Gasteiger charge is -2.25. The van der Waals surface area contributed by atoms with Crippen LogP contribution in [0.25, 0.3) is 0 Å². The van der Waals surface area contributed by atoms with Gasteiger partial charge in [-0.05, 0) is 6.42 Å². The molecular weight excluding hydrogens is 204 g/mol. The van der Waals surface area contributed by atoms with Crippen LogP contribution in [0.3, 0.4) is 0 Å². The summed E-state index contributed by atoms with van der Waals surface area (Å²) in [6.45, 7) is 0. The molecule has 1 fully saturated rings.